The fourth-order valence-corrected chi connectivity index (χ4v) is 3.96. The van der Waals surface area contributed by atoms with Gasteiger partial charge in [0.15, 0.2) is 6.10 Å². The van der Waals surface area contributed by atoms with Gasteiger partial charge < -0.3 is 20.3 Å². The summed E-state index contributed by atoms with van der Waals surface area (Å²) in [5.41, 5.74) is 3.74. The monoisotopic (exact) mass is 408 g/mol. The van der Waals surface area contributed by atoms with Crippen LogP contribution in [-0.4, -0.2) is 56.0 Å². The van der Waals surface area contributed by atoms with E-state index in [1.807, 2.05) is 43.3 Å². The first-order chi connectivity index (χ1) is 14.6. The molecule has 1 atom stereocenters. The molecule has 0 bridgehead atoms. The SMILES string of the molecule is CCC1Oc2ccc(CN3CCN(c4ccc(C(=O)NC)cc4)CC3)cc2NC1=O. The minimum atomic E-state index is -0.401. The van der Waals surface area contributed by atoms with Crippen molar-refractivity contribution in [1.82, 2.24) is 10.2 Å². The summed E-state index contributed by atoms with van der Waals surface area (Å²) < 4.78 is 5.77. The minimum Gasteiger partial charge on any atom is -0.478 e. The number of carbonyl (C=O) groups excluding carboxylic acids is 2. The van der Waals surface area contributed by atoms with Gasteiger partial charge in [-0.1, -0.05) is 13.0 Å². The lowest BCUT2D eigenvalue weighted by Gasteiger charge is -2.36. The van der Waals surface area contributed by atoms with Crippen LogP contribution in [0.4, 0.5) is 11.4 Å². The number of rotatable bonds is 5. The van der Waals surface area contributed by atoms with Crippen molar-refractivity contribution in [1.29, 1.82) is 0 Å². The molecule has 2 aromatic rings. The van der Waals surface area contributed by atoms with Gasteiger partial charge in [-0.15, -0.1) is 0 Å². The Labute approximate surface area is 177 Å². The van der Waals surface area contributed by atoms with E-state index in [0.29, 0.717) is 12.0 Å². The van der Waals surface area contributed by atoms with Crippen molar-refractivity contribution in [3.05, 3.63) is 53.6 Å². The van der Waals surface area contributed by atoms with Crippen LogP contribution < -0.4 is 20.3 Å². The van der Waals surface area contributed by atoms with Crippen molar-refractivity contribution in [2.24, 2.45) is 0 Å². The summed E-state index contributed by atoms with van der Waals surface area (Å²) in [7, 11) is 1.64. The zero-order valence-electron chi connectivity index (χ0n) is 17.5. The molecule has 7 nitrogen and oxygen atoms in total. The van der Waals surface area contributed by atoms with Crippen molar-refractivity contribution in [2.75, 3.05) is 43.4 Å². The Hall–Kier alpha value is -3.06. The number of benzene rings is 2. The van der Waals surface area contributed by atoms with Gasteiger partial charge in [-0.3, -0.25) is 14.5 Å². The molecule has 2 N–H and O–H groups in total. The molecule has 158 valence electrons. The molecular weight excluding hydrogens is 380 g/mol. The number of amides is 2. The zero-order chi connectivity index (χ0) is 21.1. The van der Waals surface area contributed by atoms with Crippen LogP contribution in [0.25, 0.3) is 0 Å². The summed E-state index contributed by atoms with van der Waals surface area (Å²) in [6.45, 7) is 6.55. The molecule has 4 rings (SSSR count). The zero-order valence-corrected chi connectivity index (χ0v) is 17.5. The molecule has 2 aliphatic rings. The topological polar surface area (TPSA) is 73.9 Å². The third kappa shape index (κ3) is 4.26. The maximum atomic E-state index is 12.1. The predicted molar refractivity (Wildman–Crippen MR) is 117 cm³/mol. The molecule has 1 unspecified atom stereocenters. The quantitative estimate of drug-likeness (QED) is 0.795. The molecular formula is C23H28N4O3. The van der Waals surface area contributed by atoms with E-state index < -0.39 is 6.10 Å². The van der Waals surface area contributed by atoms with Gasteiger partial charge in [0.2, 0.25) is 0 Å². The van der Waals surface area contributed by atoms with Crippen LogP contribution in [0.5, 0.6) is 5.75 Å². The normalized spacial score (nSPS) is 18.9. The van der Waals surface area contributed by atoms with Crippen LogP contribution >= 0.6 is 0 Å². The molecule has 2 heterocycles. The van der Waals surface area contributed by atoms with Crippen LogP contribution in [0.3, 0.4) is 0 Å². The number of nitrogens with zero attached hydrogens (tertiary/aromatic N) is 2. The second-order valence-electron chi connectivity index (χ2n) is 7.72. The minimum absolute atomic E-state index is 0.0665. The lowest BCUT2D eigenvalue weighted by atomic mass is 10.1. The summed E-state index contributed by atoms with van der Waals surface area (Å²) >= 11 is 0. The Morgan fingerprint density at radius 2 is 1.87 bits per heavy atom. The third-order valence-electron chi connectivity index (χ3n) is 5.73. The molecule has 1 saturated heterocycles. The summed E-state index contributed by atoms with van der Waals surface area (Å²) in [5.74, 6) is 0.608. The second-order valence-corrected chi connectivity index (χ2v) is 7.72. The fourth-order valence-electron chi connectivity index (χ4n) is 3.96. The van der Waals surface area contributed by atoms with Gasteiger partial charge in [-0.2, -0.15) is 0 Å². The van der Waals surface area contributed by atoms with Gasteiger partial charge in [-0.05, 0) is 48.4 Å². The number of nitrogens with one attached hydrogen (secondary N) is 2. The highest BCUT2D eigenvalue weighted by molar-refractivity contribution is 5.97. The Balaban J connectivity index is 1.34. The molecule has 7 heteroatoms. The van der Waals surface area contributed by atoms with E-state index in [2.05, 4.69) is 26.5 Å². The van der Waals surface area contributed by atoms with Crippen LogP contribution in [0.1, 0.15) is 29.3 Å². The van der Waals surface area contributed by atoms with Gasteiger partial charge in [-0.25, -0.2) is 0 Å². The maximum Gasteiger partial charge on any atom is 0.265 e. The highest BCUT2D eigenvalue weighted by Crippen LogP contribution is 2.31. The largest absolute Gasteiger partial charge is 0.478 e. The van der Waals surface area contributed by atoms with Crippen LogP contribution in [-0.2, 0) is 11.3 Å². The van der Waals surface area contributed by atoms with Gasteiger partial charge in [0.25, 0.3) is 11.8 Å². The van der Waals surface area contributed by atoms with Crippen molar-refractivity contribution in [2.45, 2.75) is 26.0 Å². The van der Waals surface area contributed by atoms with Crippen molar-refractivity contribution in [3.8, 4) is 5.75 Å². The molecule has 2 aromatic carbocycles. The van der Waals surface area contributed by atoms with Gasteiger partial charge in [0, 0.05) is 51.0 Å². The molecule has 0 aliphatic carbocycles. The third-order valence-corrected chi connectivity index (χ3v) is 5.73. The van der Waals surface area contributed by atoms with Gasteiger partial charge >= 0.3 is 0 Å². The van der Waals surface area contributed by atoms with Crippen LogP contribution in [0, 0.1) is 0 Å². The highest BCUT2D eigenvalue weighted by Gasteiger charge is 2.26. The smallest absolute Gasteiger partial charge is 0.265 e. The number of anilines is 2. The average Bonchev–Trinajstić information content (AvgIpc) is 2.78. The number of carbonyl (C=O) groups is 2. The number of hydrogen-bond donors (Lipinski definition) is 2. The fraction of sp³-hybridized carbons (Fsp3) is 0.391. The first-order valence-corrected chi connectivity index (χ1v) is 10.5. The average molecular weight is 409 g/mol. The lowest BCUT2D eigenvalue weighted by molar-refractivity contribution is -0.123. The first kappa shape index (κ1) is 20.2. The highest BCUT2D eigenvalue weighted by atomic mass is 16.5. The second kappa shape index (κ2) is 8.75. The summed E-state index contributed by atoms with van der Waals surface area (Å²) in [6, 6.07) is 13.8. The predicted octanol–water partition coefficient (Wildman–Crippen LogP) is 2.48. The molecule has 1 fully saturated rings. The van der Waals surface area contributed by atoms with E-state index in [1.54, 1.807) is 7.05 Å². The molecule has 0 spiro atoms. The molecule has 0 aromatic heterocycles. The van der Waals surface area contributed by atoms with Crippen LogP contribution in [0.2, 0.25) is 0 Å². The van der Waals surface area contributed by atoms with Crippen molar-refractivity contribution >= 4 is 23.2 Å². The summed E-state index contributed by atoms with van der Waals surface area (Å²) in [4.78, 5) is 28.5. The summed E-state index contributed by atoms with van der Waals surface area (Å²) in [5, 5.41) is 5.61. The Kier molecular flexibility index (Phi) is 5.90. The number of fused-ring (bicyclic) bond motifs is 1. The molecule has 30 heavy (non-hydrogen) atoms. The maximum absolute atomic E-state index is 12.1. The molecule has 0 radical (unpaired) electrons. The van der Waals surface area contributed by atoms with Crippen LogP contribution in [0.15, 0.2) is 42.5 Å². The molecule has 2 aliphatic heterocycles. The molecule has 2 amide bonds. The van der Waals surface area contributed by atoms with Crippen molar-refractivity contribution in [3.63, 3.8) is 0 Å². The van der Waals surface area contributed by atoms with E-state index >= 15 is 0 Å². The Bertz CT molecular complexity index is 921. The van der Waals surface area contributed by atoms with Gasteiger partial charge in [0.1, 0.15) is 5.75 Å². The van der Waals surface area contributed by atoms with E-state index in [4.69, 9.17) is 4.74 Å². The van der Waals surface area contributed by atoms with E-state index in [0.717, 1.165) is 55.4 Å². The Morgan fingerprint density at radius 1 is 1.13 bits per heavy atom. The summed E-state index contributed by atoms with van der Waals surface area (Å²) in [6.07, 6.45) is 0.257. The van der Waals surface area contributed by atoms with Gasteiger partial charge in [0.05, 0.1) is 5.69 Å². The number of hydrogen-bond acceptors (Lipinski definition) is 5. The molecule has 0 saturated carbocycles. The number of ether oxygens (including phenoxy) is 1. The van der Waals surface area contributed by atoms with E-state index in [1.165, 1.54) is 0 Å². The lowest BCUT2D eigenvalue weighted by Crippen LogP contribution is -2.46. The standard InChI is InChI=1S/C23H28N4O3/c1-3-20-23(29)25-19-14-16(4-9-21(19)30-20)15-26-10-12-27(13-11-26)18-7-5-17(6-8-18)22(28)24-2/h4-9,14,20H,3,10-13,15H2,1-2H3,(H,24,28)(H,25,29). The Morgan fingerprint density at radius 3 is 2.53 bits per heavy atom. The van der Waals surface area contributed by atoms with Crippen molar-refractivity contribution < 1.29 is 14.3 Å². The first-order valence-electron chi connectivity index (χ1n) is 10.5. The number of piperazine rings is 1. The van der Waals surface area contributed by atoms with E-state index in [9.17, 15) is 9.59 Å². The van der Waals surface area contributed by atoms with E-state index in [-0.39, 0.29) is 11.8 Å².